The molecule has 1 amide bonds. The highest BCUT2D eigenvalue weighted by atomic mass is 35.5. The Hall–Kier alpha value is -0.930. The lowest BCUT2D eigenvalue weighted by Crippen LogP contribution is -2.34. The second kappa shape index (κ2) is 7.75. The van der Waals surface area contributed by atoms with E-state index in [1.807, 2.05) is 0 Å². The van der Waals surface area contributed by atoms with E-state index in [1.54, 1.807) is 18.2 Å². The van der Waals surface area contributed by atoms with Crippen LogP contribution < -0.4 is 10.1 Å². The zero-order chi connectivity index (χ0) is 15.2. The van der Waals surface area contributed by atoms with Gasteiger partial charge in [0.05, 0.1) is 12.7 Å². The summed E-state index contributed by atoms with van der Waals surface area (Å²) in [5, 5.41) is 3.48. The highest BCUT2D eigenvalue weighted by Gasteiger charge is 2.20. The molecule has 0 aromatic heterocycles. The number of hydrogen-bond donors (Lipinski definition) is 1. The molecule has 1 rings (SSSR count). The predicted octanol–water partition coefficient (Wildman–Crippen LogP) is 4.12. The van der Waals surface area contributed by atoms with Crippen LogP contribution in [-0.4, -0.2) is 25.4 Å². The number of halogens is 2. The topological polar surface area (TPSA) is 38.3 Å². The molecular weight excluding hydrogens is 297 g/mol. The Labute approximate surface area is 130 Å². The molecule has 3 nitrogen and oxygen atoms in total. The number of carbonyl (C=O) groups excluding carboxylic acids is 1. The summed E-state index contributed by atoms with van der Waals surface area (Å²) in [5.74, 6) is 0.966. The van der Waals surface area contributed by atoms with Gasteiger partial charge in [0.2, 0.25) is 0 Å². The van der Waals surface area contributed by atoms with Gasteiger partial charge in [-0.1, -0.05) is 25.4 Å². The minimum Gasteiger partial charge on any atom is -0.496 e. The Kier molecular flexibility index (Phi) is 6.63. The van der Waals surface area contributed by atoms with Crippen LogP contribution in [-0.2, 0) is 0 Å². The molecule has 0 spiro atoms. The van der Waals surface area contributed by atoms with Crippen molar-refractivity contribution in [3.8, 4) is 5.75 Å². The van der Waals surface area contributed by atoms with Crippen molar-refractivity contribution in [3.05, 3.63) is 28.8 Å². The first-order chi connectivity index (χ1) is 9.39. The summed E-state index contributed by atoms with van der Waals surface area (Å²) < 4.78 is 5.18. The molecule has 0 radical (unpaired) electrons. The molecular formula is C15H21Cl2NO2. The van der Waals surface area contributed by atoms with E-state index in [9.17, 15) is 4.79 Å². The van der Waals surface area contributed by atoms with E-state index in [2.05, 4.69) is 19.2 Å². The number of rotatable bonds is 7. The number of methoxy groups -OCH3 is 1. The Balaban J connectivity index is 2.67. The number of amides is 1. The Morgan fingerprint density at radius 1 is 1.40 bits per heavy atom. The molecule has 0 saturated carbocycles. The van der Waals surface area contributed by atoms with Gasteiger partial charge in [0, 0.05) is 17.4 Å². The lowest BCUT2D eigenvalue weighted by atomic mass is 9.88. The van der Waals surface area contributed by atoms with Gasteiger partial charge in [-0.2, -0.15) is 0 Å². The normalized spacial score (nSPS) is 11.2. The first-order valence-corrected chi connectivity index (χ1v) is 7.48. The van der Waals surface area contributed by atoms with Crippen molar-refractivity contribution in [2.24, 2.45) is 5.41 Å². The number of nitrogens with one attached hydrogen (secondary N) is 1. The molecule has 0 aliphatic rings. The standard InChI is InChI=1S/C15H21Cl2NO2/c1-15(2,7-4-8-16)10-18-14(19)12-6-5-11(17)9-13(12)20-3/h5-6,9H,4,7-8,10H2,1-3H3,(H,18,19). The third kappa shape index (κ3) is 5.22. The van der Waals surface area contributed by atoms with Gasteiger partial charge in [0.15, 0.2) is 0 Å². The Morgan fingerprint density at radius 2 is 2.10 bits per heavy atom. The molecule has 0 heterocycles. The summed E-state index contributed by atoms with van der Waals surface area (Å²) in [6.07, 6.45) is 1.91. The monoisotopic (exact) mass is 317 g/mol. The van der Waals surface area contributed by atoms with Crippen LogP contribution in [0.25, 0.3) is 0 Å². The maximum Gasteiger partial charge on any atom is 0.255 e. The van der Waals surface area contributed by atoms with Crippen LogP contribution >= 0.6 is 23.2 Å². The lowest BCUT2D eigenvalue weighted by Gasteiger charge is -2.24. The number of ether oxygens (including phenoxy) is 1. The van der Waals surface area contributed by atoms with Gasteiger partial charge < -0.3 is 10.1 Å². The molecule has 0 unspecified atom stereocenters. The van der Waals surface area contributed by atoms with Crippen molar-refractivity contribution < 1.29 is 9.53 Å². The van der Waals surface area contributed by atoms with E-state index >= 15 is 0 Å². The van der Waals surface area contributed by atoms with Gasteiger partial charge in [0.25, 0.3) is 5.91 Å². The summed E-state index contributed by atoms with van der Waals surface area (Å²) >= 11 is 11.6. The fourth-order valence-electron chi connectivity index (χ4n) is 1.90. The fraction of sp³-hybridized carbons (Fsp3) is 0.533. The first-order valence-electron chi connectivity index (χ1n) is 6.57. The summed E-state index contributed by atoms with van der Waals surface area (Å²) in [7, 11) is 1.52. The van der Waals surface area contributed by atoms with Gasteiger partial charge in [0.1, 0.15) is 5.75 Å². The van der Waals surface area contributed by atoms with E-state index in [0.717, 1.165) is 12.8 Å². The van der Waals surface area contributed by atoms with Gasteiger partial charge in [-0.05, 0) is 36.5 Å². The molecule has 5 heteroatoms. The van der Waals surface area contributed by atoms with Gasteiger partial charge in [-0.15, -0.1) is 11.6 Å². The van der Waals surface area contributed by atoms with Crippen LogP contribution in [0.1, 0.15) is 37.0 Å². The number of alkyl halides is 1. The van der Waals surface area contributed by atoms with Gasteiger partial charge in [-0.25, -0.2) is 0 Å². The quantitative estimate of drug-likeness (QED) is 0.768. The molecule has 1 N–H and O–H groups in total. The highest BCUT2D eigenvalue weighted by molar-refractivity contribution is 6.30. The molecule has 1 aromatic carbocycles. The minimum absolute atomic E-state index is 0.0181. The average Bonchev–Trinajstić information content (AvgIpc) is 2.42. The second-order valence-corrected chi connectivity index (χ2v) is 6.30. The molecule has 0 bridgehead atoms. The molecule has 0 saturated heterocycles. The average molecular weight is 318 g/mol. The first kappa shape index (κ1) is 17.1. The summed E-state index contributed by atoms with van der Waals surface area (Å²) in [4.78, 5) is 12.2. The Morgan fingerprint density at radius 3 is 2.70 bits per heavy atom. The minimum atomic E-state index is -0.155. The summed E-state index contributed by atoms with van der Waals surface area (Å²) in [6, 6.07) is 4.98. The summed E-state index contributed by atoms with van der Waals surface area (Å²) in [6.45, 7) is 4.81. The van der Waals surface area contributed by atoms with Crippen molar-refractivity contribution in [1.82, 2.24) is 5.32 Å². The van der Waals surface area contributed by atoms with Crippen LogP contribution in [0.3, 0.4) is 0 Å². The second-order valence-electron chi connectivity index (χ2n) is 5.48. The van der Waals surface area contributed by atoms with Crippen molar-refractivity contribution in [3.63, 3.8) is 0 Å². The number of hydrogen-bond acceptors (Lipinski definition) is 2. The zero-order valence-corrected chi connectivity index (χ0v) is 13.6. The number of carbonyl (C=O) groups is 1. The van der Waals surface area contributed by atoms with E-state index < -0.39 is 0 Å². The largest absolute Gasteiger partial charge is 0.496 e. The van der Waals surface area contributed by atoms with Crippen molar-refractivity contribution >= 4 is 29.1 Å². The fourth-order valence-corrected chi connectivity index (χ4v) is 2.20. The SMILES string of the molecule is COc1cc(Cl)ccc1C(=O)NCC(C)(C)CCCCl. The maximum atomic E-state index is 12.2. The highest BCUT2D eigenvalue weighted by Crippen LogP contribution is 2.24. The van der Waals surface area contributed by atoms with Crippen molar-refractivity contribution in [1.29, 1.82) is 0 Å². The molecule has 0 aliphatic carbocycles. The summed E-state index contributed by atoms with van der Waals surface area (Å²) in [5.41, 5.74) is 0.509. The van der Waals surface area contributed by atoms with Gasteiger partial charge >= 0.3 is 0 Å². The van der Waals surface area contributed by atoms with Crippen LogP contribution in [0.15, 0.2) is 18.2 Å². The zero-order valence-electron chi connectivity index (χ0n) is 12.1. The third-order valence-electron chi connectivity index (χ3n) is 3.12. The molecule has 112 valence electrons. The number of benzene rings is 1. The van der Waals surface area contributed by atoms with Crippen LogP contribution in [0.4, 0.5) is 0 Å². The van der Waals surface area contributed by atoms with Crippen molar-refractivity contribution in [2.75, 3.05) is 19.5 Å². The molecule has 1 aromatic rings. The van der Waals surface area contributed by atoms with E-state index in [4.69, 9.17) is 27.9 Å². The smallest absolute Gasteiger partial charge is 0.255 e. The van der Waals surface area contributed by atoms with E-state index in [0.29, 0.717) is 28.8 Å². The van der Waals surface area contributed by atoms with Gasteiger partial charge in [-0.3, -0.25) is 4.79 Å². The van der Waals surface area contributed by atoms with Crippen LogP contribution in [0.5, 0.6) is 5.75 Å². The predicted molar refractivity (Wildman–Crippen MR) is 84.1 cm³/mol. The van der Waals surface area contributed by atoms with E-state index in [1.165, 1.54) is 7.11 Å². The third-order valence-corrected chi connectivity index (χ3v) is 3.63. The maximum absolute atomic E-state index is 12.2. The molecule has 0 fully saturated rings. The van der Waals surface area contributed by atoms with E-state index in [-0.39, 0.29) is 11.3 Å². The van der Waals surface area contributed by atoms with Crippen molar-refractivity contribution in [2.45, 2.75) is 26.7 Å². The lowest BCUT2D eigenvalue weighted by molar-refractivity contribution is 0.0931. The van der Waals surface area contributed by atoms with Crippen LogP contribution in [0, 0.1) is 5.41 Å². The van der Waals surface area contributed by atoms with Crippen LogP contribution in [0.2, 0.25) is 5.02 Å². The molecule has 0 atom stereocenters. The molecule has 0 aliphatic heterocycles. The molecule has 20 heavy (non-hydrogen) atoms. The Bertz CT molecular complexity index is 461.